The highest BCUT2D eigenvalue weighted by molar-refractivity contribution is 7.89. The van der Waals surface area contributed by atoms with Crippen molar-refractivity contribution < 1.29 is 13.2 Å². The molecular weight excluding hydrogens is 432 g/mol. The van der Waals surface area contributed by atoms with Gasteiger partial charge in [0.2, 0.25) is 0 Å². The molecule has 0 bridgehead atoms. The lowest BCUT2D eigenvalue weighted by molar-refractivity contribution is 0.0848. The third-order valence-electron chi connectivity index (χ3n) is 4.95. The van der Waals surface area contributed by atoms with Crippen molar-refractivity contribution in [1.82, 2.24) is 4.83 Å². The number of nitrogens with one attached hydrogen (secondary N) is 1. The van der Waals surface area contributed by atoms with Gasteiger partial charge in [0.05, 0.1) is 17.2 Å². The monoisotopic (exact) mass is 460 g/mol. The summed E-state index contributed by atoms with van der Waals surface area (Å²) in [6.07, 6.45) is 2.86. The summed E-state index contributed by atoms with van der Waals surface area (Å²) in [4.78, 5) is 2.51. The number of ether oxygens (including phenoxy) is 1. The highest BCUT2D eigenvalue weighted by Gasteiger charge is 2.20. The Kier molecular flexibility index (Phi) is 8.35. The number of nitrogens with zero attached hydrogens (tertiary/aromatic N) is 1. The first-order valence-electron chi connectivity index (χ1n) is 10.6. The molecule has 0 saturated heterocycles. The molecule has 0 saturated carbocycles. The zero-order chi connectivity index (χ0) is 23.7. The number of hydrogen-bond acceptors (Lipinski definition) is 4. The van der Waals surface area contributed by atoms with Gasteiger partial charge >= 0.3 is 0 Å². The largest absolute Gasteiger partial charge is 0.362 e. The first-order chi connectivity index (χ1) is 15.9. The minimum absolute atomic E-state index is 0.141. The van der Waals surface area contributed by atoms with Crippen molar-refractivity contribution in [2.75, 3.05) is 0 Å². The molecule has 6 heteroatoms. The van der Waals surface area contributed by atoms with E-state index in [9.17, 15) is 8.42 Å². The van der Waals surface area contributed by atoms with E-state index in [2.05, 4.69) is 16.5 Å². The molecular formula is C27H28N2O3S. The molecule has 0 amide bonds. The number of hydrazone groups is 1. The molecule has 3 aromatic carbocycles. The Morgan fingerprint density at radius 3 is 2.21 bits per heavy atom. The van der Waals surface area contributed by atoms with Gasteiger partial charge in [-0.1, -0.05) is 91.0 Å². The fourth-order valence-corrected chi connectivity index (χ4v) is 3.90. The Morgan fingerprint density at radius 2 is 1.61 bits per heavy atom. The maximum Gasteiger partial charge on any atom is 0.276 e. The Labute approximate surface area is 196 Å². The summed E-state index contributed by atoms with van der Waals surface area (Å²) in [5.74, 6) is 0. The van der Waals surface area contributed by atoms with Gasteiger partial charge in [0, 0.05) is 0 Å². The average Bonchev–Trinajstić information content (AvgIpc) is 2.84. The summed E-state index contributed by atoms with van der Waals surface area (Å²) in [5.41, 5.74) is 4.08. The van der Waals surface area contributed by atoms with Gasteiger partial charge in [-0.3, -0.25) is 0 Å². The SMILES string of the molecule is C=C/C(C)=C/C(=N\NS(=O)(=O)c1ccc(C)cc1)C(OCc1ccccc1)c1ccccc1. The van der Waals surface area contributed by atoms with Crippen LogP contribution < -0.4 is 4.83 Å². The van der Waals surface area contributed by atoms with E-state index in [1.807, 2.05) is 74.5 Å². The molecule has 0 radical (unpaired) electrons. The molecule has 0 aliphatic rings. The summed E-state index contributed by atoms with van der Waals surface area (Å²) in [5, 5.41) is 4.30. The van der Waals surface area contributed by atoms with Crippen LogP contribution in [0.1, 0.15) is 29.7 Å². The Balaban J connectivity index is 1.98. The minimum atomic E-state index is -3.85. The number of allylic oxidation sites excluding steroid dienone is 2. The zero-order valence-corrected chi connectivity index (χ0v) is 19.6. The van der Waals surface area contributed by atoms with E-state index in [1.165, 1.54) is 0 Å². The van der Waals surface area contributed by atoms with Crippen LogP contribution >= 0.6 is 0 Å². The van der Waals surface area contributed by atoms with Gasteiger partial charge in [-0.05, 0) is 48.8 Å². The zero-order valence-electron chi connectivity index (χ0n) is 18.8. The van der Waals surface area contributed by atoms with Crippen molar-refractivity contribution in [3.05, 3.63) is 126 Å². The maximum absolute atomic E-state index is 12.8. The van der Waals surface area contributed by atoms with Gasteiger partial charge in [-0.25, -0.2) is 0 Å². The number of rotatable bonds is 10. The molecule has 0 fully saturated rings. The fourth-order valence-electron chi connectivity index (χ4n) is 3.08. The molecule has 1 unspecified atom stereocenters. The molecule has 0 spiro atoms. The Bertz CT molecular complexity index is 1220. The van der Waals surface area contributed by atoms with Crippen LogP contribution in [0.4, 0.5) is 0 Å². The van der Waals surface area contributed by atoms with Crippen LogP contribution in [0, 0.1) is 6.92 Å². The van der Waals surface area contributed by atoms with E-state index in [0.717, 1.165) is 22.3 Å². The van der Waals surface area contributed by atoms with Crippen molar-refractivity contribution in [2.45, 2.75) is 31.5 Å². The molecule has 1 N–H and O–H groups in total. The van der Waals surface area contributed by atoms with E-state index in [-0.39, 0.29) is 4.90 Å². The summed E-state index contributed by atoms with van der Waals surface area (Å²) < 4.78 is 31.9. The molecule has 0 heterocycles. The minimum Gasteiger partial charge on any atom is -0.362 e. The van der Waals surface area contributed by atoms with Gasteiger partial charge in [-0.15, -0.1) is 0 Å². The highest BCUT2D eigenvalue weighted by atomic mass is 32.2. The number of hydrogen-bond donors (Lipinski definition) is 1. The van der Waals surface area contributed by atoms with Crippen LogP contribution in [0.5, 0.6) is 0 Å². The van der Waals surface area contributed by atoms with Crippen LogP contribution in [0.2, 0.25) is 0 Å². The number of aryl methyl sites for hydroxylation is 1. The summed E-state index contributed by atoms with van der Waals surface area (Å²) in [7, 11) is -3.85. The predicted octanol–water partition coefficient (Wildman–Crippen LogP) is 5.72. The second-order valence-corrected chi connectivity index (χ2v) is 9.29. The second-order valence-electron chi connectivity index (χ2n) is 7.62. The summed E-state index contributed by atoms with van der Waals surface area (Å²) in [6, 6.07) is 26.0. The van der Waals surface area contributed by atoms with Crippen molar-refractivity contribution in [1.29, 1.82) is 0 Å². The molecule has 0 aromatic heterocycles. The smallest absolute Gasteiger partial charge is 0.276 e. The maximum atomic E-state index is 12.8. The van der Waals surface area contributed by atoms with Crippen LogP contribution in [0.3, 0.4) is 0 Å². The van der Waals surface area contributed by atoms with Crippen molar-refractivity contribution in [3.8, 4) is 0 Å². The molecule has 3 rings (SSSR count). The first kappa shape index (κ1) is 24.2. The second kappa shape index (κ2) is 11.4. The van der Waals surface area contributed by atoms with E-state index in [0.29, 0.717) is 12.3 Å². The lowest BCUT2D eigenvalue weighted by atomic mass is 10.0. The molecule has 0 aliphatic heterocycles. The Morgan fingerprint density at radius 1 is 1.00 bits per heavy atom. The quantitative estimate of drug-likeness (QED) is 0.239. The summed E-state index contributed by atoms with van der Waals surface area (Å²) in [6.45, 7) is 7.91. The normalized spacial score (nSPS) is 13.4. The third-order valence-corrected chi connectivity index (χ3v) is 6.18. The Hall–Kier alpha value is -3.48. The van der Waals surface area contributed by atoms with Gasteiger partial charge in [-0.2, -0.15) is 18.4 Å². The van der Waals surface area contributed by atoms with Gasteiger partial charge in [0.25, 0.3) is 10.0 Å². The molecule has 170 valence electrons. The first-order valence-corrected chi connectivity index (χ1v) is 12.0. The van der Waals surface area contributed by atoms with E-state index in [1.54, 1.807) is 36.4 Å². The van der Waals surface area contributed by atoms with Crippen LogP contribution in [0.15, 0.2) is 119 Å². The number of sulfonamides is 1. The van der Waals surface area contributed by atoms with E-state index >= 15 is 0 Å². The topological polar surface area (TPSA) is 67.8 Å². The average molecular weight is 461 g/mol. The van der Waals surface area contributed by atoms with Crippen LogP contribution in [-0.2, 0) is 21.4 Å². The van der Waals surface area contributed by atoms with Gasteiger partial charge in [0.1, 0.15) is 6.10 Å². The number of benzene rings is 3. The lowest BCUT2D eigenvalue weighted by Gasteiger charge is -2.20. The van der Waals surface area contributed by atoms with E-state index in [4.69, 9.17) is 4.74 Å². The lowest BCUT2D eigenvalue weighted by Crippen LogP contribution is -2.23. The molecule has 1 atom stereocenters. The van der Waals surface area contributed by atoms with Gasteiger partial charge < -0.3 is 4.74 Å². The van der Waals surface area contributed by atoms with Crippen molar-refractivity contribution >= 4 is 15.7 Å². The van der Waals surface area contributed by atoms with Crippen LogP contribution in [0.25, 0.3) is 0 Å². The van der Waals surface area contributed by atoms with Crippen molar-refractivity contribution in [2.24, 2.45) is 5.10 Å². The van der Waals surface area contributed by atoms with Gasteiger partial charge in [0.15, 0.2) is 0 Å². The van der Waals surface area contributed by atoms with Crippen molar-refractivity contribution in [3.63, 3.8) is 0 Å². The van der Waals surface area contributed by atoms with Crippen LogP contribution in [-0.4, -0.2) is 14.1 Å². The summed E-state index contributed by atoms with van der Waals surface area (Å²) >= 11 is 0. The predicted molar refractivity (Wildman–Crippen MR) is 133 cm³/mol. The molecule has 3 aromatic rings. The highest BCUT2D eigenvalue weighted by Crippen LogP contribution is 2.23. The fraction of sp³-hybridized carbons (Fsp3) is 0.148. The molecule has 0 aliphatic carbocycles. The molecule has 33 heavy (non-hydrogen) atoms. The van der Waals surface area contributed by atoms with E-state index < -0.39 is 16.1 Å². The molecule has 5 nitrogen and oxygen atoms in total. The standard InChI is InChI=1S/C27H28N2O3S/c1-4-21(2)19-26(28-29-33(30,31)25-17-15-22(3)16-18-25)27(24-13-9-6-10-14-24)32-20-23-11-7-5-8-12-23/h4-19,27,29H,1,20H2,2-3H3/b21-19+,28-26+. The third kappa shape index (κ3) is 7.00.